The van der Waals surface area contributed by atoms with Gasteiger partial charge in [-0.2, -0.15) is 0 Å². The lowest BCUT2D eigenvalue weighted by Crippen LogP contribution is -2.41. The minimum absolute atomic E-state index is 0.277. The van der Waals surface area contributed by atoms with Gasteiger partial charge in [-0.1, -0.05) is 0 Å². The molecule has 1 aliphatic rings. The summed E-state index contributed by atoms with van der Waals surface area (Å²) in [4.78, 5) is 0. The number of hydrogen-bond acceptors (Lipinski definition) is 4. The van der Waals surface area contributed by atoms with Crippen LogP contribution in [-0.2, 0) is 14.2 Å². The Morgan fingerprint density at radius 1 is 1.33 bits per heavy atom. The van der Waals surface area contributed by atoms with Gasteiger partial charge in [-0.3, -0.25) is 0 Å². The summed E-state index contributed by atoms with van der Waals surface area (Å²) in [5.74, 6) is 0.277. The number of methoxy groups -OCH3 is 2. The molecule has 1 rings (SSSR count). The van der Waals surface area contributed by atoms with Gasteiger partial charge >= 0.3 is 0 Å². The SMILES string of the molecule is COC(CC(C)(O)C1CCOCC1)OC. The van der Waals surface area contributed by atoms with Crippen molar-refractivity contribution in [3.63, 3.8) is 0 Å². The first-order chi connectivity index (χ1) is 7.10. The molecule has 1 saturated heterocycles. The molecule has 0 bridgehead atoms. The molecule has 90 valence electrons. The first-order valence-corrected chi connectivity index (χ1v) is 5.46. The Hall–Kier alpha value is -0.160. The highest BCUT2D eigenvalue weighted by Gasteiger charge is 2.35. The molecule has 1 heterocycles. The Bertz CT molecular complexity index is 171. The van der Waals surface area contributed by atoms with Crippen molar-refractivity contribution in [3.05, 3.63) is 0 Å². The fourth-order valence-corrected chi connectivity index (χ4v) is 2.09. The van der Waals surface area contributed by atoms with Gasteiger partial charge in [0.25, 0.3) is 0 Å². The summed E-state index contributed by atoms with van der Waals surface area (Å²) in [7, 11) is 3.18. The third-order valence-corrected chi connectivity index (χ3v) is 3.21. The zero-order valence-corrected chi connectivity index (χ0v) is 9.86. The van der Waals surface area contributed by atoms with Gasteiger partial charge in [0.2, 0.25) is 0 Å². The van der Waals surface area contributed by atoms with Crippen molar-refractivity contribution in [2.75, 3.05) is 27.4 Å². The molecule has 0 aromatic carbocycles. The second kappa shape index (κ2) is 5.80. The highest BCUT2D eigenvalue weighted by molar-refractivity contribution is 4.84. The van der Waals surface area contributed by atoms with Crippen molar-refractivity contribution in [3.8, 4) is 0 Å². The van der Waals surface area contributed by atoms with E-state index in [0.717, 1.165) is 26.1 Å². The van der Waals surface area contributed by atoms with Gasteiger partial charge in [0.1, 0.15) is 0 Å². The zero-order valence-electron chi connectivity index (χ0n) is 9.86. The molecule has 1 atom stereocenters. The van der Waals surface area contributed by atoms with Gasteiger partial charge in [0.15, 0.2) is 6.29 Å². The van der Waals surface area contributed by atoms with Crippen molar-refractivity contribution in [1.82, 2.24) is 0 Å². The third kappa shape index (κ3) is 3.72. The van der Waals surface area contributed by atoms with Gasteiger partial charge in [0, 0.05) is 33.9 Å². The van der Waals surface area contributed by atoms with Crippen molar-refractivity contribution in [2.45, 2.75) is 38.1 Å². The van der Waals surface area contributed by atoms with Crippen LogP contribution >= 0.6 is 0 Å². The van der Waals surface area contributed by atoms with E-state index in [2.05, 4.69) is 0 Å². The van der Waals surface area contributed by atoms with E-state index >= 15 is 0 Å². The maximum absolute atomic E-state index is 10.4. The van der Waals surface area contributed by atoms with Gasteiger partial charge in [-0.15, -0.1) is 0 Å². The second-order valence-electron chi connectivity index (χ2n) is 4.35. The summed E-state index contributed by atoms with van der Waals surface area (Å²) >= 11 is 0. The summed E-state index contributed by atoms with van der Waals surface area (Å²) in [6.45, 7) is 3.34. The Balaban J connectivity index is 2.47. The molecule has 1 unspecified atom stereocenters. The molecule has 1 aliphatic heterocycles. The average Bonchev–Trinajstić information content (AvgIpc) is 2.27. The van der Waals surface area contributed by atoms with Crippen molar-refractivity contribution < 1.29 is 19.3 Å². The molecule has 0 radical (unpaired) electrons. The maximum atomic E-state index is 10.4. The Labute approximate surface area is 91.5 Å². The first-order valence-electron chi connectivity index (χ1n) is 5.46. The van der Waals surface area contributed by atoms with Crippen LogP contribution in [-0.4, -0.2) is 44.4 Å². The summed E-state index contributed by atoms with van der Waals surface area (Å²) in [5, 5.41) is 10.4. The molecular weight excluding hydrogens is 196 g/mol. The molecule has 0 saturated carbocycles. The van der Waals surface area contributed by atoms with Crippen molar-refractivity contribution in [2.24, 2.45) is 5.92 Å². The summed E-state index contributed by atoms with van der Waals surface area (Å²) < 4.78 is 15.5. The van der Waals surface area contributed by atoms with E-state index in [1.165, 1.54) is 0 Å². The highest BCUT2D eigenvalue weighted by Crippen LogP contribution is 2.31. The molecule has 0 aromatic heterocycles. The Morgan fingerprint density at radius 2 is 1.87 bits per heavy atom. The van der Waals surface area contributed by atoms with E-state index in [9.17, 15) is 5.11 Å². The van der Waals surface area contributed by atoms with E-state index in [-0.39, 0.29) is 12.2 Å². The lowest BCUT2D eigenvalue weighted by Gasteiger charge is -2.37. The maximum Gasteiger partial charge on any atom is 0.159 e. The normalized spacial score (nSPS) is 23.0. The van der Waals surface area contributed by atoms with E-state index in [1.807, 2.05) is 6.92 Å². The molecule has 0 aliphatic carbocycles. The van der Waals surface area contributed by atoms with Crippen LogP contribution < -0.4 is 0 Å². The van der Waals surface area contributed by atoms with Crippen LogP contribution in [0.4, 0.5) is 0 Å². The highest BCUT2D eigenvalue weighted by atomic mass is 16.7. The van der Waals surface area contributed by atoms with Crippen LogP contribution in [0.3, 0.4) is 0 Å². The van der Waals surface area contributed by atoms with Crippen LogP contribution in [0.25, 0.3) is 0 Å². The molecule has 0 aromatic rings. The Morgan fingerprint density at radius 3 is 2.33 bits per heavy atom. The van der Waals surface area contributed by atoms with E-state index in [0.29, 0.717) is 6.42 Å². The largest absolute Gasteiger partial charge is 0.390 e. The monoisotopic (exact) mass is 218 g/mol. The average molecular weight is 218 g/mol. The standard InChI is InChI=1S/C11H22O4/c1-11(12,8-10(13-2)14-3)9-4-6-15-7-5-9/h9-10,12H,4-8H2,1-3H3. The quantitative estimate of drug-likeness (QED) is 0.704. The molecule has 0 amide bonds. The third-order valence-electron chi connectivity index (χ3n) is 3.21. The van der Waals surface area contributed by atoms with Crippen molar-refractivity contribution in [1.29, 1.82) is 0 Å². The minimum Gasteiger partial charge on any atom is -0.390 e. The van der Waals surface area contributed by atoms with Crippen LogP contribution in [0.5, 0.6) is 0 Å². The fourth-order valence-electron chi connectivity index (χ4n) is 2.09. The summed E-state index contributed by atoms with van der Waals surface area (Å²) in [5.41, 5.74) is -0.736. The second-order valence-corrected chi connectivity index (χ2v) is 4.35. The first kappa shape index (κ1) is 12.9. The van der Waals surface area contributed by atoms with E-state index < -0.39 is 5.60 Å². The molecule has 1 fully saturated rings. The van der Waals surface area contributed by atoms with Crippen LogP contribution in [0.1, 0.15) is 26.2 Å². The Kier molecular flexibility index (Phi) is 4.99. The fraction of sp³-hybridized carbons (Fsp3) is 1.00. The summed E-state index contributed by atoms with van der Waals surface area (Å²) in [6, 6.07) is 0. The minimum atomic E-state index is -0.736. The van der Waals surface area contributed by atoms with Crippen LogP contribution in [0.15, 0.2) is 0 Å². The number of hydrogen-bond donors (Lipinski definition) is 1. The molecule has 4 nitrogen and oxygen atoms in total. The van der Waals surface area contributed by atoms with E-state index in [4.69, 9.17) is 14.2 Å². The van der Waals surface area contributed by atoms with E-state index in [1.54, 1.807) is 14.2 Å². The number of rotatable bonds is 5. The predicted octanol–water partition coefficient (Wildman–Crippen LogP) is 1.17. The molecular formula is C11H22O4. The molecule has 15 heavy (non-hydrogen) atoms. The van der Waals surface area contributed by atoms with Gasteiger partial charge < -0.3 is 19.3 Å². The molecule has 4 heteroatoms. The smallest absolute Gasteiger partial charge is 0.159 e. The zero-order chi connectivity index (χ0) is 11.3. The predicted molar refractivity (Wildman–Crippen MR) is 56.6 cm³/mol. The topological polar surface area (TPSA) is 47.9 Å². The van der Waals surface area contributed by atoms with Gasteiger partial charge in [-0.25, -0.2) is 0 Å². The van der Waals surface area contributed by atoms with Crippen molar-refractivity contribution >= 4 is 0 Å². The number of ether oxygens (including phenoxy) is 3. The molecule has 0 spiro atoms. The van der Waals surface area contributed by atoms with Gasteiger partial charge in [-0.05, 0) is 25.7 Å². The van der Waals surface area contributed by atoms with Crippen LogP contribution in [0, 0.1) is 5.92 Å². The molecule has 1 N–H and O–H groups in total. The van der Waals surface area contributed by atoms with Gasteiger partial charge in [0.05, 0.1) is 5.60 Å². The van der Waals surface area contributed by atoms with Crippen LogP contribution in [0.2, 0.25) is 0 Å². The lowest BCUT2D eigenvalue weighted by molar-refractivity contribution is -0.159. The number of aliphatic hydroxyl groups is 1. The summed E-state index contributed by atoms with van der Waals surface area (Å²) in [6.07, 6.45) is 1.99. The lowest BCUT2D eigenvalue weighted by atomic mass is 9.81.